The van der Waals surface area contributed by atoms with Gasteiger partial charge in [-0.25, -0.2) is 4.21 Å². The topological polar surface area (TPSA) is 55.2 Å². The molecule has 1 aromatic heterocycles. The second-order valence-electron chi connectivity index (χ2n) is 3.73. The zero-order valence-electron chi connectivity index (χ0n) is 8.47. The molecular formula is C9H13N3OS. The fraction of sp³-hybridized carbons (Fsp3) is 0.444. The first kappa shape index (κ1) is 11.0. The fourth-order valence-electron chi connectivity index (χ4n) is 0.637. The van der Waals surface area contributed by atoms with E-state index in [4.69, 9.17) is 0 Å². The van der Waals surface area contributed by atoms with Gasteiger partial charge in [-0.2, -0.15) is 4.40 Å². The minimum Gasteiger partial charge on any atom is -0.261 e. The lowest BCUT2D eigenvalue weighted by atomic mass is 10.3. The first-order valence-electron chi connectivity index (χ1n) is 4.22. The molecule has 1 rings (SSSR count). The average molecular weight is 211 g/mol. The highest BCUT2D eigenvalue weighted by Crippen LogP contribution is 2.11. The van der Waals surface area contributed by atoms with Gasteiger partial charge >= 0.3 is 0 Å². The minimum absolute atomic E-state index is 0.335. The van der Waals surface area contributed by atoms with Crippen molar-refractivity contribution in [2.45, 2.75) is 25.5 Å². The lowest BCUT2D eigenvalue weighted by molar-refractivity contribution is 0.651. The van der Waals surface area contributed by atoms with E-state index in [-0.39, 0.29) is 4.75 Å². The highest BCUT2D eigenvalue weighted by Gasteiger charge is 2.18. The summed E-state index contributed by atoms with van der Waals surface area (Å²) in [5, 5.41) is 0. The molecule has 0 amide bonds. The molecule has 0 aromatic carbocycles. The van der Waals surface area contributed by atoms with E-state index >= 15 is 0 Å². The molecule has 0 radical (unpaired) electrons. The molecular weight excluding hydrogens is 198 g/mol. The second kappa shape index (κ2) is 4.41. The Labute approximate surface area is 86.1 Å². The van der Waals surface area contributed by atoms with Gasteiger partial charge in [0.15, 0.2) is 0 Å². The summed E-state index contributed by atoms with van der Waals surface area (Å²) in [5.74, 6) is 0. The van der Waals surface area contributed by atoms with E-state index in [0.717, 1.165) is 0 Å². The van der Waals surface area contributed by atoms with E-state index in [0.29, 0.717) is 5.69 Å². The van der Waals surface area contributed by atoms with Crippen molar-refractivity contribution in [2.24, 2.45) is 4.40 Å². The second-order valence-corrected chi connectivity index (χ2v) is 5.66. The maximum atomic E-state index is 11.5. The van der Waals surface area contributed by atoms with Crippen LogP contribution < -0.4 is 0 Å². The standard InChI is InChI=1S/C9H13N3OS/c1-9(2,3)14(13)12-7-8-6-10-4-5-11-8/h4-7H,1-3H3/b12-7+/t14-/m1/s1. The van der Waals surface area contributed by atoms with Gasteiger partial charge in [0.25, 0.3) is 0 Å². The van der Waals surface area contributed by atoms with Crippen LogP contribution in [0.4, 0.5) is 0 Å². The van der Waals surface area contributed by atoms with E-state index in [2.05, 4.69) is 14.4 Å². The molecule has 0 spiro atoms. The van der Waals surface area contributed by atoms with Gasteiger partial charge in [0.05, 0.1) is 17.2 Å². The molecule has 0 unspecified atom stereocenters. The third kappa shape index (κ3) is 3.33. The molecule has 1 atom stereocenters. The molecule has 14 heavy (non-hydrogen) atoms. The number of aromatic nitrogens is 2. The Hall–Kier alpha value is -1.10. The van der Waals surface area contributed by atoms with E-state index < -0.39 is 11.0 Å². The van der Waals surface area contributed by atoms with Crippen molar-refractivity contribution in [2.75, 3.05) is 0 Å². The normalized spacial score (nSPS) is 14.5. The van der Waals surface area contributed by atoms with Crippen LogP contribution in [-0.4, -0.2) is 25.1 Å². The van der Waals surface area contributed by atoms with E-state index in [1.807, 2.05) is 20.8 Å². The lowest BCUT2D eigenvalue weighted by Gasteiger charge is -2.12. The monoisotopic (exact) mass is 211 g/mol. The molecule has 0 aliphatic rings. The van der Waals surface area contributed by atoms with Crippen LogP contribution in [-0.2, 0) is 11.0 Å². The Morgan fingerprint density at radius 2 is 2.14 bits per heavy atom. The Balaban J connectivity index is 2.71. The molecule has 0 saturated carbocycles. The van der Waals surface area contributed by atoms with Gasteiger partial charge in [0, 0.05) is 12.4 Å². The summed E-state index contributed by atoms with van der Waals surface area (Å²) in [6.45, 7) is 5.62. The molecule has 1 aromatic rings. The largest absolute Gasteiger partial charge is 0.261 e. The molecule has 0 aliphatic carbocycles. The summed E-state index contributed by atoms with van der Waals surface area (Å²) in [6.07, 6.45) is 6.21. The summed E-state index contributed by atoms with van der Waals surface area (Å²) >= 11 is 0. The molecule has 0 bridgehead atoms. The van der Waals surface area contributed by atoms with E-state index in [9.17, 15) is 4.21 Å². The Bertz CT molecular complexity index is 343. The lowest BCUT2D eigenvalue weighted by Crippen LogP contribution is -2.19. The summed E-state index contributed by atoms with van der Waals surface area (Å²) in [4.78, 5) is 7.86. The molecule has 0 aliphatic heterocycles. The Kier molecular flexibility index (Phi) is 3.46. The Morgan fingerprint density at radius 3 is 2.64 bits per heavy atom. The van der Waals surface area contributed by atoms with Gasteiger partial charge in [-0.15, -0.1) is 0 Å². The molecule has 1 heterocycles. The minimum atomic E-state index is -1.24. The van der Waals surface area contributed by atoms with Crippen LogP contribution >= 0.6 is 0 Å². The highest BCUT2D eigenvalue weighted by molar-refractivity contribution is 7.85. The third-order valence-corrected chi connectivity index (χ3v) is 2.73. The van der Waals surface area contributed by atoms with Crippen LogP contribution in [0.15, 0.2) is 23.0 Å². The van der Waals surface area contributed by atoms with Crippen LogP contribution in [0.2, 0.25) is 0 Å². The van der Waals surface area contributed by atoms with Crippen LogP contribution in [0, 0.1) is 0 Å². The summed E-state index contributed by atoms with van der Waals surface area (Å²) in [7, 11) is -1.24. The third-order valence-electron chi connectivity index (χ3n) is 1.39. The first-order chi connectivity index (χ1) is 6.50. The van der Waals surface area contributed by atoms with Crippen molar-refractivity contribution in [3.8, 4) is 0 Å². The SMILES string of the molecule is CC(C)(C)[S@@](=O)/N=C/c1cnccn1. The van der Waals surface area contributed by atoms with Gasteiger partial charge in [0.1, 0.15) is 16.7 Å². The Morgan fingerprint density at radius 1 is 1.43 bits per heavy atom. The average Bonchev–Trinajstić information content (AvgIpc) is 2.14. The van der Waals surface area contributed by atoms with Crippen molar-refractivity contribution in [3.05, 3.63) is 24.3 Å². The van der Waals surface area contributed by atoms with Gasteiger partial charge < -0.3 is 0 Å². The predicted molar refractivity (Wildman–Crippen MR) is 57.5 cm³/mol. The molecule has 4 nitrogen and oxygen atoms in total. The van der Waals surface area contributed by atoms with Crippen molar-refractivity contribution >= 4 is 17.2 Å². The number of hydrogen-bond donors (Lipinski definition) is 0. The number of nitrogens with zero attached hydrogens (tertiary/aromatic N) is 3. The van der Waals surface area contributed by atoms with E-state index in [1.54, 1.807) is 18.6 Å². The molecule has 76 valence electrons. The van der Waals surface area contributed by atoms with Crippen LogP contribution in [0.3, 0.4) is 0 Å². The van der Waals surface area contributed by atoms with Crippen molar-refractivity contribution in [1.29, 1.82) is 0 Å². The molecule has 5 heteroatoms. The number of rotatable bonds is 2. The quantitative estimate of drug-likeness (QED) is 0.694. The van der Waals surface area contributed by atoms with Crippen molar-refractivity contribution < 1.29 is 4.21 Å². The van der Waals surface area contributed by atoms with Crippen LogP contribution in [0.1, 0.15) is 26.5 Å². The number of hydrogen-bond acceptors (Lipinski definition) is 3. The van der Waals surface area contributed by atoms with Gasteiger partial charge in [-0.3, -0.25) is 9.97 Å². The zero-order valence-corrected chi connectivity index (χ0v) is 9.28. The molecule has 0 fully saturated rings. The van der Waals surface area contributed by atoms with Crippen LogP contribution in [0.5, 0.6) is 0 Å². The van der Waals surface area contributed by atoms with E-state index in [1.165, 1.54) is 6.21 Å². The summed E-state index contributed by atoms with van der Waals surface area (Å²) in [6, 6.07) is 0. The summed E-state index contributed by atoms with van der Waals surface area (Å²) < 4.78 is 15.1. The van der Waals surface area contributed by atoms with Crippen LogP contribution in [0.25, 0.3) is 0 Å². The fourth-order valence-corrected chi connectivity index (χ4v) is 1.16. The maximum absolute atomic E-state index is 11.5. The van der Waals surface area contributed by atoms with Crippen molar-refractivity contribution in [3.63, 3.8) is 0 Å². The predicted octanol–water partition coefficient (Wildman–Crippen LogP) is 1.36. The molecule has 0 N–H and O–H groups in total. The summed E-state index contributed by atoms with van der Waals surface area (Å²) in [5.41, 5.74) is 0.616. The highest BCUT2D eigenvalue weighted by atomic mass is 32.2. The molecule has 0 saturated heterocycles. The maximum Gasteiger partial charge on any atom is 0.144 e. The smallest absolute Gasteiger partial charge is 0.144 e. The zero-order chi connectivity index (χ0) is 10.6. The van der Waals surface area contributed by atoms with Gasteiger partial charge in [-0.1, -0.05) is 0 Å². The van der Waals surface area contributed by atoms with Gasteiger partial charge in [0.2, 0.25) is 0 Å². The van der Waals surface area contributed by atoms with Crippen molar-refractivity contribution in [1.82, 2.24) is 9.97 Å². The first-order valence-corrected chi connectivity index (χ1v) is 5.33. The van der Waals surface area contributed by atoms with Gasteiger partial charge in [-0.05, 0) is 20.8 Å².